The third kappa shape index (κ3) is 3.43. The summed E-state index contributed by atoms with van der Waals surface area (Å²) < 4.78 is 14.0. The standard InChI is InChI=1S/C16H18FNS/c17-16-6-2-1-5-15(16)12(11-18-13-7-8-13)10-14-4-3-9-19-14/h1-6,9,12-13,18H,7-8,10-11H2. The van der Waals surface area contributed by atoms with Crippen LogP contribution in [0.2, 0.25) is 0 Å². The molecule has 1 saturated carbocycles. The molecule has 0 radical (unpaired) electrons. The van der Waals surface area contributed by atoms with E-state index in [0.29, 0.717) is 6.04 Å². The minimum atomic E-state index is -0.0818. The van der Waals surface area contributed by atoms with E-state index in [9.17, 15) is 4.39 Å². The normalized spacial score (nSPS) is 16.5. The van der Waals surface area contributed by atoms with Gasteiger partial charge in [-0.3, -0.25) is 0 Å². The number of benzene rings is 1. The molecule has 3 rings (SSSR count). The van der Waals surface area contributed by atoms with Gasteiger partial charge < -0.3 is 5.32 Å². The zero-order valence-electron chi connectivity index (χ0n) is 10.8. The van der Waals surface area contributed by atoms with Crippen molar-refractivity contribution in [1.82, 2.24) is 5.32 Å². The summed E-state index contributed by atoms with van der Waals surface area (Å²) in [5.41, 5.74) is 0.837. The van der Waals surface area contributed by atoms with Crippen molar-refractivity contribution in [1.29, 1.82) is 0 Å². The average Bonchev–Trinajstić information content (AvgIpc) is 3.11. The third-order valence-electron chi connectivity index (χ3n) is 3.60. The van der Waals surface area contributed by atoms with Crippen molar-refractivity contribution in [3.8, 4) is 0 Å². The zero-order chi connectivity index (χ0) is 13.1. The molecule has 100 valence electrons. The third-order valence-corrected chi connectivity index (χ3v) is 4.50. The van der Waals surface area contributed by atoms with Crippen LogP contribution in [0.25, 0.3) is 0 Å². The number of thiophene rings is 1. The molecule has 1 nitrogen and oxygen atoms in total. The molecule has 1 unspecified atom stereocenters. The van der Waals surface area contributed by atoms with Crippen molar-refractivity contribution < 1.29 is 4.39 Å². The molecule has 0 bridgehead atoms. The van der Waals surface area contributed by atoms with Gasteiger partial charge in [0.25, 0.3) is 0 Å². The van der Waals surface area contributed by atoms with Crippen LogP contribution in [0.4, 0.5) is 4.39 Å². The summed E-state index contributed by atoms with van der Waals surface area (Å²) in [5, 5.41) is 5.62. The number of halogens is 1. The van der Waals surface area contributed by atoms with Crippen molar-refractivity contribution in [2.75, 3.05) is 6.54 Å². The molecule has 1 aliphatic carbocycles. The Kier molecular flexibility index (Phi) is 3.95. The number of hydrogen-bond donors (Lipinski definition) is 1. The Hall–Kier alpha value is -1.19. The predicted octanol–water partition coefficient (Wildman–Crippen LogP) is 3.97. The first-order valence-corrected chi connectivity index (χ1v) is 7.71. The van der Waals surface area contributed by atoms with Gasteiger partial charge in [0.2, 0.25) is 0 Å². The van der Waals surface area contributed by atoms with E-state index in [0.717, 1.165) is 18.5 Å². The van der Waals surface area contributed by atoms with E-state index in [1.807, 2.05) is 12.1 Å². The summed E-state index contributed by atoms with van der Waals surface area (Å²) in [4.78, 5) is 1.32. The van der Waals surface area contributed by atoms with E-state index < -0.39 is 0 Å². The molecule has 1 atom stereocenters. The molecule has 0 saturated heterocycles. The second-order valence-corrected chi connectivity index (χ2v) is 6.22. The van der Waals surface area contributed by atoms with E-state index in [2.05, 4.69) is 22.8 Å². The van der Waals surface area contributed by atoms with Gasteiger partial charge in [0, 0.05) is 23.4 Å². The quantitative estimate of drug-likeness (QED) is 0.841. The van der Waals surface area contributed by atoms with Crippen LogP contribution in [-0.2, 0) is 6.42 Å². The summed E-state index contributed by atoms with van der Waals surface area (Å²) >= 11 is 1.75. The van der Waals surface area contributed by atoms with E-state index >= 15 is 0 Å². The van der Waals surface area contributed by atoms with Crippen LogP contribution < -0.4 is 5.32 Å². The molecule has 1 aromatic heterocycles. The maximum atomic E-state index is 14.0. The molecule has 0 amide bonds. The summed E-state index contributed by atoms with van der Waals surface area (Å²) in [6, 6.07) is 12.0. The zero-order valence-corrected chi connectivity index (χ0v) is 11.6. The Morgan fingerprint density at radius 2 is 2.05 bits per heavy atom. The summed E-state index contributed by atoms with van der Waals surface area (Å²) in [6.45, 7) is 0.865. The van der Waals surface area contributed by atoms with Gasteiger partial charge in [-0.25, -0.2) is 4.39 Å². The SMILES string of the molecule is Fc1ccccc1C(CNC1CC1)Cc1cccs1. The molecule has 1 fully saturated rings. The minimum Gasteiger partial charge on any atom is -0.313 e. The second-order valence-electron chi connectivity index (χ2n) is 5.18. The number of hydrogen-bond acceptors (Lipinski definition) is 2. The van der Waals surface area contributed by atoms with Crippen molar-refractivity contribution >= 4 is 11.3 Å². The van der Waals surface area contributed by atoms with Crippen LogP contribution in [0.15, 0.2) is 41.8 Å². The second kappa shape index (κ2) is 5.85. The van der Waals surface area contributed by atoms with Crippen LogP contribution >= 0.6 is 11.3 Å². The van der Waals surface area contributed by atoms with Crippen molar-refractivity contribution in [2.45, 2.75) is 31.2 Å². The number of nitrogens with one attached hydrogen (secondary N) is 1. The molecular weight excluding hydrogens is 257 g/mol. The first-order chi connectivity index (χ1) is 9.33. The highest BCUT2D eigenvalue weighted by molar-refractivity contribution is 7.09. The van der Waals surface area contributed by atoms with Crippen LogP contribution in [-0.4, -0.2) is 12.6 Å². The lowest BCUT2D eigenvalue weighted by Gasteiger charge is -2.18. The van der Waals surface area contributed by atoms with E-state index in [1.54, 1.807) is 23.5 Å². The molecular formula is C16H18FNS. The fourth-order valence-electron chi connectivity index (χ4n) is 2.37. The minimum absolute atomic E-state index is 0.0818. The first-order valence-electron chi connectivity index (χ1n) is 6.83. The van der Waals surface area contributed by atoms with Gasteiger partial charge >= 0.3 is 0 Å². The van der Waals surface area contributed by atoms with Gasteiger partial charge in [-0.1, -0.05) is 24.3 Å². The van der Waals surface area contributed by atoms with Crippen LogP contribution in [0.3, 0.4) is 0 Å². The highest BCUT2D eigenvalue weighted by Gasteiger charge is 2.23. The molecule has 3 heteroatoms. The summed E-state index contributed by atoms with van der Waals surface area (Å²) in [7, 11) is 0. The van der Waals surface area contributed by atoms with Crippen molar-refractivity contribution in [3.05, 3.63) is 58.0 Å². The van der Waals surface area contributed by atoms with Crippen LogP contribution in [0.1, 0.15) is 29.2 Å². The molecule has 19 heavy (non-hydrogen) atoms. The Bertz CT molecular complexity index is 519. The number of rotatable bonds is 6. The molecule has 0 spiro atoms. The van der Waals surface area contributed by atoms with Crippen LogP contribution in [0, 0.1) is 5.82 Å². The molecule has 2 aromatic rings. The van der Waals surface area contributed by atoms with Gasteiger partial charge in [-0.05, 0) is 42.3 Å². The fraction of sp³-hybridized carbons (Fsp3) is 0.375. The topological polar surface area (TPSA) is 12.0 Å². The molecule has 1 heterocycles. The fourth-order valence-corrected chi connectivity index (χ4v) is 3.15. The lowest BCUT2D eigenvalue weighted by atomic mass is 9.94. The maximum Gasteiger partial charge on any atom is 0.126 e. The Morgan fingerprint density at radius 1 is 1.21 bits per heavy atom. The molecule has 1 aliphatic rings. The maximum absolute atomic E-state index is 14.0. The molecule has 1 aromatic carbocycles. The Balaban J connectivity index is 1.76. The lowest BCUT2D eigenvalue weighted by molar-refractivity contribution is 0.538. The van der Waals surface area contributed by atoms with Gasteiger partial charge in [0.05, 0.1) is 0 Å². The summed E-state index contributed by atoms with van der Waals surface area (Å²) in [5.74, 6) is 0.141. The highest BCUT2D eigenvalue weighted by Crippen LogP contribution is 2.27. The van der Waals surface area contributed by atoms with Crippen molar-refractivity contribution in [3.63, 3.8) is 0 Å². The van der Waals surface area contributed by atoms with E-state index in [4.69, 9.17) is 0 Å². The van der Waals surface area contributed by atoms with Gasteiger partial charge in [0.1, 0.15) is 5.82 Å². The average molecular weight is 275 g/mol. The lowest BCUT2D eigenvalue weighted by Crippen LogP contribution is -2.25. The van der Waals surface area contributed by atoms with Crippen molar-refractivity contribution in [2.24, 2.45) is 0 Å². The predicted molar refractivity (Wildman–Crippen MR) is 78.2 cm³/mol. The Morgan fingerprint density at radius 3 is 2.74 bits per heavy atom. The summed E-state index contributed by atoms with van der Waals surface area (Å²) in [6.07, 6.45) is 3.45. The largest absolute Gasteiger partial charge is 0.313 e. The van der Waals surface area contributed by atoms with E-state index in [1.165, 1.54) is 17.7 Å². The smallest absolute Gasteiger partial charge is 0.126 e. The first kappa shape index (κ1) is 12.8. The monoisotopic (exact) mass is 275 g/mol. The molecule has 0 aliphatic heterocycles. The van der Waals surface area contributed by atoms with Gasteiger partial charge in [-0.15, -0.1) is 11.3 Å². The highest BCUT2D eigenvalue weighted by atomic mass is 32.1. The van der Waals surface area contributed by atoms with Crippen LogP contribution in [0.5, 0.6) is 0 Å². The van der Waals surface area contributed by atoms with Gasteiger partial charge in [0.15, 0.2) is 0 Å². The molecule has 1 N–H and O–H groups in total. The van der Waals surface area contributed by atoms with E-state index in [-0.39, 0.29) is 11.7 Å². The Labute approximate surface area is 117 Å². The van der Waals surface area contributed by atoms with Gasteiger partial charge in [-0.2, -0.15) is 0 Å².